The third-order valence-electron chi connectivity index (χ3n) is 11.3. The van der Waals surface area contributed by atoms with Crippen molar-refractivity contribution in [3.63, 3.8) is 0 Å². The zero-order chi connectivity index (χ0) is 33.3. The summed E-state index contributed by atoms with van der Waals surface area (Å²) in [4.78, 5) is 2.53. The van der Waals surface area contributed by atoms with Crippen molar-refractivity contribution in [1.82, 2.24) is 0 Å². The van der Waals surface area contributed by atoms with Crippen molar-refractivity contribution < 1.29 is 0 Å². The van der Waals surface area contributed by atoms with E-state index in [0.29, 0.717) is 0 Å². The van der Waals surface area contributed by atoms with Crippen LogP contribution in [0.3, 0.4) is 0 Å². The molecule has 0 spiro atoms. The maximum Gasteiger partial charge on any atom is 0.0543 e. The summed E-state index contributed by atoms with van der Waals surface area (Å²) in [7, 11) is 0. The van der Waals surface area contributed by atoms with Crippen molar-refractivity contribution in [2.75, 3.05) is 4.90 Å². The van der Waals surface area contributed by atoms with Gasteiger partial charge in [0.05, 0.1) is 11.4 Å². The Labute approximate surface area is 286 Å². The van der Waals surface area contributed by atoms with Gasteiger partial charge in [0.1, 0.15) is 0 Å². The molecule has 2 aliphatic rings. The third-order valence-corrected chi connectivity index (χ3v) is 11.3. The van der Waals surface area contributed by atoms with Gasteiger partial charge in [0.25, 0.3) is 0 Å². The summed E-state index contributed by atoms with van der Waals surface area (Å²) in [6, 6.07) is 51.9. The van der Waals surface area contributed by atoms with Gasteiger partial charge in [-0.05, 0) is 98.5 Å². The average molecular weight is 624 g/mol. The molecule has 0 saturated carbocycles. The number of rotatable bonds is 5. The van der Waals surface area contributed by atoms with Crippen LogP contribution in [0.1, 0.15) is 76.6 Å². The summed E-state index contributed by atoms with van der Waals surface area (Å²) in [6.45, 7) is 14.6. The fourth-order valence-electron chi connectivity index (χ4n) is 8.61. The smallest absolute Gasteiger partial charge is 0.0543 e. The average Bonchev–Trinajstić information content (AvgIpc) is 3.33. The van der Waals surface area contributed by atoms with Crippen LogP contribution in [-0.4, -0.2) is 0 Å². The predicted molar refractivity (Wildman–Crippen MR) is 205 cm³/mol. The molecule has 6 aromatic rings. The van der Waals surface area contributed by atoms with Gasteiger partial charge in [0, 0.05) is 22.2 Å². The van der Waals surface area contributed by atoms with Crippen molar-refractivity contribution in [2.45, 2.75) is 70.6 Å². The number of para-hydroxylation sites is 2. The van der Waals surface area contributed by atoms with Gasteiger partial charge in [-0.25, -0.2) is 0 Å². The molecule has 0 fully saturated rings. The molecule has 1 heteroatoms. The van der Waals surface area contributed by atoms with Crippen LogP contribution in [0.25, 0.3) is 33.4 Å². The fourth-order valence-corrected chi connectivity index (χ4v) is 8.61. The Morgan fingerprint density at radius 2 is 1.00 bits per heavy atom. The molecule has 0 aliphatic heterocycles. The highest BCUT2D eigenvalue weighted by molar-refractivity contribution is 5.98. The molecular weight excluding hydrogens is 579 g/mol. The molecule has 0 atom stereocenters. The Balaban J connectivity index is 1.50. The number of hydrogen-bond acceptors (Lipinski definition) is 1. The van der Waals surface area contributed by atoms with Crippen molar-refractivity contribution >= 4 is 17.1 Å². The van der Waals surface area contributed by atoms with E-state index in [4.69, 9.17) is 0 Å². The van der Waals surface area contributed by atoms with Crippen molar-refractivity contribution in [3.8, 4) is 33.4 Å². The van der Waals surface area contributed by atoms with Crippen LogP contribution in [0.5, 0.6) is 0 Å². The van der Waals surface area contributed by atoms with E-state index in [-0.39, 0.29) is 16.2 Å². The molecule has 0 radical (unpaired) electrons. The number of anilines is 3. The van der Waals surface area contributed by atoms with E-state index in [9.17, 15) is 0 Å². The summed E-state index contributed by atoms with van der Waals surface area (Å²) in [5, 5.41) is 0. The second kappa shape index (κ2) is 11.1. The highest BCUT2D eigenvalue weighted by Crippen LogP contribution is 2.56. The van der Waals surface area contributed by atoms with Gasteiger partial charge >= 0.3 is 0 Å². The van der Waals surface area contributed by atoms with Gasteiger partial charge in [-0.15, -0.1) is 0 Å². The first-order chi connectivity index (χ1) is 23.1. The van der Waals surface area contributed by atoms with Gasteiger partial charge in [-0.1, -0.05) is 151 Å². The van der Waals surface area contributed by atoms with E-state index >= 15 is 0 Å². The third kappa shape index (κ3) is 4.74. The lowest BCUT2D eigenvalue weighted by molar-refractivity contribution is 0.333. The first kappa shape index (κ1) is 30.5. The number of fused-ring (bicyclic) bond motifs is 4. The molecule has 0 unspecified atom stereocenters. The summed E-state index contributed by atoms with van der Waals surface area (Å²) in [5.74, 6) is 0. The quantitative estimate of drug-likeness (QED) is 0.185. The van der Waals surface area contributed by atoms with Gasteiger partial charge in [0.15, 0.2) is 0 Å². The zero-order valence-electron chi connectivity index (χ0n) is 29.1. The Bertz CT molecular complexity index is 2150. The van der Waals surface area contributed by atoms with Crippen LogP contribution < -0.4 is 4.90 Å². The maximum atomic E-state index is 2.53. The Hall–Kier alpha value is -4.88. The molecule has 1 nitrogen and oxygen atoms in total. The van der Waals surface area contributed by atoms with Crippen molar-refractivity contribution in [1.29, 1.82) is 0 Å². The second-order valence-electron chi connectivity index (χ2n) is 15.6. The summed E-state index contributed by atoms with van der Waals surface area (Å²) in [5.41, 5.74) is 17.1. The molecule has 8 rings (SSSR count). The lowest BCUT2D eigenvalue weighted by Crippen LogP contribution is -2.34. The van der Waals surface area contributed by atoms with E-state index in [0.717, 1.165) is 5.69 Å². The van der Waals surface area contributed by atoms with Crippen LogP contribution in [0.4, 0.5) is 17.1 Å². The molecule has 0 heterocycles. The normalized spacial score (nSPS) is 16.5. The van der Waals surface area contributed by atoms with Gasteiger partial charge in [-0.3, -0.25) is 0 Å². The Kier molecular flexibility index (Phi) is 7.04. The molecule has 0 saturated heterocycles. The van der Waals surface area contributed by atoms with Gasteiger partial charge in [-0.2, -0.15) is 0 Å². The van der Waals surface area contributed by atoms with Crippen LogP contribution in [0.2, 0.25) is 0 Å². The highest BCUT2D eigenvalue weighted by Gasteiger charge is 2.41. The van der Waals surface area contributed by atoms with E-state index < -0.39 is 0 Å². The van der Waals surface area contributed by atoms with Crippen LogP contribution in [0, 0.1) is 0 Å². The molecule has 0 N–H and O–H groups in total. The highest BCUT2D eigenvalue weighted by atomic mass is 15.1. The van der Waals surface area contributed by atoms with E-state index in [1.807, 2.05) is 0 Å². The molecule has 0 aromatic heterocycles. The first-order valence-electron chi connectivity index (χ1n) is 17.5. The SMILES string of the molecule is CC1(C)CCC(C)(C)c2c(-c3cc4c(cc3N(c3ccccc3)c3ccccc3-c3ccccc3)C(C)(C)c3ccccc3-4)cccc21. The monoisotopic (exact) mass is 623 g/mol. The number of hydrogen-bond donors (Lipinski definition) is 0. The van der Waals surface area contributed by atoms with Crippen LogP contribution >= 0.6 is 0 Å². The topological polar surface area (TPSA) is 3.24 Å². The maximum absolute atomic E-state index is 2.53. The molecule has 48 heavy (non-hydrogen) atoms. The summed E-state index contributed by atoms with van der Waals surface area (Å²) < 4.78 is 0. The minimum absolute atomic E-state index is 0.0500. The number of nitrogens with zero attached hydrogens (tertiary/aromatic N) is 1. The summed E-state index contributed by atoms with van der Waals surface area (Å²) in [6.07, 6.45) is 2.36. The molecule has 238 valence electrons. The first-order valence-corrected chi connectivity index (χ1v) is 17.5. The van der Waals surface area contributed by atoms with Crippen LogP contribution in [0.15, 0.2) is 140 Å². The molecule has 6 aromatic carbocycles. The second-order valence-corrected chi connectivity index (χ2v) is 15.6. The lowest BCUT2D eigenvalue weighted by Gasteiger charge is -2.43. The lowest BCUT2D eigenvalue weighted by atomic mass is 9.61. The number of benzene rings is 6. The van der Waals surface area contributed by atoms with E-state index in [2.05, 4.69) is 186 Å². The Morgan fingerprint density at radius 3 is 1.75 bits per heavy atom. The molecule has 0 bridgehead atoms. The Morgan fingerprint density at radius 1 is 0.417 bits per heavy atom. The predicted octanol–water partition coefficient (Wildman–Crippen LogP) is 13.1. The van der Waals surface area contributed by atoms with Crippen molar-refractivity contribution in [2.24, 2.45) is 0 Å². The molecular formula is C47H45N. The zero-order valence-corrected chi connectivity index (χ0v) is 29.1. The van der Waals surface area contributed by atoms with E-state index in [1.54, 1.807) is 0 Å². The minimum Gasteiger partial charge on any atom is -0.309 e. The van der Waals surface area contributed by atoms with E-state index in [1.165, 1.54) is 79.9 Å². The van der Waals surface area contributed by atoms with Gasteiger partial charge in [0.2, 0.25) is 0 Å². The van der Waals surface area contributed by atoms with Gasteiger partial charge < -0.3 is 4.90 Å². The fraction of sp³-hybridized carbons (Fsp3) is 0.234. The standard InChI is InChI=1S/C47H45N/c1-45(2)28-29-46(3,4)44-36(24-17-26-40(44)45)38-30-37-35-23-13-15-25-39(35)47(5,6)41(37)31-43(38)48(33-20-11-8-12-21-33)42-27-16-14-22-34(42)32-18-9-7-10-19-32/h7-27,30-31H,28-29H2,1-6H3. The molecule has 2 aliphatic carbocycles. The largest absolute Gasteiger partial charge is 0.309 e. The molecule has 0 amide bonds. The van der Waals surface area contributed by atoms with Crippen LogP contribution in [-0.2, 0) is 16.2 Å². The summed E-state index contributed by atoms with van der Waals surface area (Å²) >= 11 is 0. The van der Waals surface area contributed by atoms with Crippen molar-refractivity contribution in [3.05, 3.63) is 162 Å². The minimum atomic E-state index is -0.127.